The predicted molar refractivity (Wildman–Crippen MR) is 84.6 cm³/mol. The van der Waals surface area contributed by atoms with Gasteiger partial charge in [-0.25, -0.2) is 0 Å². The summed E-state index contributed by atoms with van der Waals surface area (Å²) in [5.41, 5.74) is 1.06. The first-order chi connectivity index (χ1) is 9.74. The largest absolute Gasteiger partial charge is 0.496 e. The third kappa shape index (κ3) is 4.11. The first-order valence-electron chi connectivity index (χ1n) is 7.51. The minimum absolute atomic E-state index is 0.587. The summed E-state index contributed by atoms with van der Waals surface area (Å²) >= 11 is 6.26. The van der Waals surface area contributed by atoms with Crippen LogP contribution in [0.2, 0.25) is 5.02 Å². The number of halogens is 1. The Kier molecular flexibility index (Phi) is 6.14. The number of hydrogen-bond acceptors (Lipinski definition) is 3. The zero-order valence-corrected chi connectivity index (χ0v) is 13.2. The number of nitrogens with one attached hydrogen (secondary N) is 1. The van der Waals surface area contributed by atoms with Crippen LogP contribution in [0, 0.1) is 0 Å². The van der Waals surface area contributed by atoms with Crippen LogP contribution in [0.1, 0.15) is 31.7 Å². The van der Waals surface area contributed by atoms with Crippen LogP contribution in [0.4, 0.5) is 0 Å². The van der Waals surface area contributed by atoms with Crippen LogP contribution in [0.25, 0.3) is 0 Å². The second kappa shape index (κ2) is 7.87. The van der Waals surface area contributed by atoms with E-state index in [9.17, 15) is 0 Å². The monoisotopic (exact) mass is 296 g/mol. The number of piperidine rings is 1. The third-order valence-electron chi connectivity index (χ3n) is 3.99. The van der Waals surface area contributed by atoms with Crippen LogP contribution < -0.4 is 10.1 Å². The molecule has 0 aliphatic carbocycles. The fourth-order valence-electron chi connectivity index (χ4n) is 2.82. The number of ether oxygens (including phenoxy) is 1. The van der Waals surface area contributed by atoms with E-state index in [1.165, 1.54) is 38.9 Å². The Balaban J connectivity index is 1.84. The second-order valence-electron chi connectivity index (χ2n) is 5.42. The molecule has 2 rings (SSSR count). The molecule has 1 saturated heterocycles. The molecule has 0 unspecified atom stereocenters. The molecule has 4 heteroatoms. The van der Waals surface area contributed by atoms with Crippen LogP contribution in [0.3, 0.4) is 0 Å². The van der Waals surface area contributed by atoms with Gasteiger partial charge in [0.1, 0.15) is 5.75 Å². The van der Waals surface area contributed by atoms with Crippen molar-refractivity contribution in [2.45, 2.75) is 38.8 Å². The minimum Gasteiger partial charge on any atom is -0.496 e. The molecule has 1 N–H and O–H groups in total. The maximum atomic E-state index is 6.26. The molecule has 0 saturated carbocycles. The molecule has 20 heavy (non-hydrogen) atoms. The lowest BCUT2D eigenvalue weighted by Crippen LogP contribution is -2.42. The smallest absolute Gasteiger partial charge is 0.124 e. The summed E-state index contributed by atoms with van der Waals surface area (Å²) in [6.45, 7) is 6.65. The van der Waals surface area contributed by atoms with E-state index in [0.717, 1.165) is 22.9 Å². The number of likely N-dealkylation sites (tertiary alicyclic amines) is 1. The first kappa shape index (κ1) is 15.6. The van der Waals surface area contributed by atoms with Crippen LogP contribution >= 0.6 is 11.6 Å². The lowest BCUT2D eigenvalue weighted by molar-refractivity contribution is 0.197. The summed E-state index contributed by atoms with van der Waals surface area (Å²) in [5.74, 6) is 0.869. The van der Waals surface area contributed by atoms with Crippen molar-refractivity contribution in [2.75, 3.05) is 26.7 Å². The molecule has 3 nitrogen and oxygen atoms in total. The maximum absolute atomic E-state index is 6.26. The first-order valence-corrected chi connectivity index (χ1v) is 7.89. The SMILES string of the molecule is CCCN1CCC(NCc2c(Cl)cccc2OC)CC1. The number of methoxy groups -OCH3 is 1. The molecule has 0 aromatic heterocycles. The van der Waals surface area contributed by atoms with E-state index in [4.69, 9.17) is 16.3 Å². The van der Waals surface area contributed by atoms with Crippen LogP contribution in [-0.2, 0) is 6.54 Å². The number of benzene rings is 1. The summed E-state index contributed by atoms with van der Waals surface area (Å²) < 4.78 is 5.38. The topological polar surface area (TPSA) is 24.5 Å². The summed E-state index contributed by atoms with van der Waals surface area (Å²) in [5, 5.41) is 4.40. The summed E-state index contributed by atoms with van der Waals surface area (Å²) in [7, 11) is 1.69. The van der Waals surface area contributed by atoms with Gasteiger partial charge in [0.05, 0.1) is 7.11 Å². The molecular weight excluding hydrogens is 272 g/mol. The van der Waals surface area contributed by atoms with Gasteiger partial charge in [0, 0.05) is 23.2 Å². The van der Waals surface area contributed by atoms with Gasteiger partial charge in [-0.05, 0) is 51.0 Å². The third-order valence-corrected chi connectivity index (χ3v) is 4.34. The normalized spacial score (nSPS) is 17.4. The average Bonchev–Trinajstić information content (AvgIpc) is 2.47. The Morgan fingerprint density at radius 2 is 2.10 bits per heavy atom. The lowest BCUT2D eigenvalue weighted by atomic mass is 10.0. The van der Waals surface area contributed by atoms with Crippen molar-refractivity contribution >= 4 is 11.6 Å². The molecule has 1 fully saturated rings. The van der Waals surface area contributed by atoms with Crippen molar-refractivity contribution in [2.24, 2.45) is 0 Å². The van der Waals surface area contributed by atoms with Gasteiger partial charge >= 0.3 is 0 Å². The van der Waals surface area contributed by atoms with E-state index in [2.05, 4.69) is 17.1 Å². The van der Waals surface area contributed by atoms with Crippen molar-refractivity contribution in [1.82, 2.24) is 10.2 Å². The Hall–Kier alpha value is -0.770. The number of rotatable bonds is 6. The highest BCUT2D eigenvalue weighted by molar-refractivity contribution is 6.31. The summed E-state index contributed by atoms with van der Waals surface area (Å²) in [6, 6.07) is 6.40. The molecule has 112 valence electrons. The van der Waals surface area contributed by atoms with Gasteiger partial charge in [-0.1, -0.05) is 24.6 Å². The van der Waals surface area contributed by atoms with Gasteiger partial charge in [0.25, 0.3) is 0 Å². The van der Waals surface area contributed by atoms with Gasteiger partial charge in [-0.3, -0.25) is 0 Å². The summed E-state index contributed by atoms with van der Waals surface area (Å²) in [4.78, 5) is 2.55. The van der Waals surface area contributed by atoms with E-state index in [1.807, 2.05) is 18.2 Å². The highest BCUT2D eigenvalue weighted by Crippen LogP contribution is 2.26. The lowest BCUT2D eigenvalue weighted by Gasteiger charge is -2.32. The average molecular weight is 297 g/mol. The molecule has 0 atom stereocenters. The summed E-state index contributed by atoms with van der Waals surface area (Å²) in [6.07, 6.45) is 3.68. The highest BCUT2D eigenvalue weighted by Gasteiger charge is 2.18. The van der Waals surface area contributed by atoms with E-state index < -0.39 is 0 Å². The van der Waals surface area contributed by atoms with Crippen LogP contribution in [0.5, 0.6) is 5.75 Å². The molecule has 0 spiro atoms. The van der Waals surface area contributed by atoms with Gasteiger partial charge in [0.15, 0.2) is 0 Å². The zero-order valence-electron chi connectivity index (χ0n) is 12.5. The zero-order chi connectivity index (χ0) is 14.4. The van der Waals surface area contributed by atoms with Crippen molar-refractivity contribution in [3.63, 3.8) is 0 Å². The van der Waals surface area contributed by atoms with E-state index in [-0.39, 0.29) is 0 Å². The quantitative estimate of drug-likeness (QED) is 0.871. The number of nitrogens with zero attached hydrogens (tertiary/aromatic N) is 1. The molecule has 1 aliphatic rings. The Labute approximate surface area is 127 Å². The van der Waals surface area contributed by atoms with Crippen molar-refractivity contribution < 1.29 is 4.74 Å². The molecular formula is C16H25ClN2O. The van der Waals surface area contributed by atoms with Gasteiger partial charge in [0.2, 0.25) is 0 Å². The van der Waals surface area contributed by atoms with Crippen LogP contribution in [-0.4, -0.2) is 37.7 Å². The second-order valence-corrected chi connectivity index (χ2v) is 5.82. The highest BCUT2D eigenvalue weighted by atomic mass is 35.5. The molecule has 1 aromatic rings. The molecule has 1 aromatic carbocycles. The van der Waals surface area contributed by atoms with E-state index in [1.54, 1.807) is 7.11 Å². The van der Waals surface area contributed by atoms with Crippen molar-refractivity contribution in [3.8, 4) is 5.75 Å². The Morgan fingerprint density at radius 3 is 2.75 bits per heavy atom. The fourth-order valence-corrected chi connectivity index (χ4v) is 3.06. The van der Waals surface area contributed by atoms with Crippen molar-refractivity contribution in [3.05, 3.63) is 28.8 Å². The van der Waals surface area contributed by atoms with E-state index in [0.29, 0.717) is 6.04 Å². The molecule has 0 amide bonds. The maximum Gasteiger partial charge on any atom is 0.124 e. The molecule has 1 aliphatic heterocycles. The fraction of sp³-hybridized carbons (Fsp3) is 0.625. The van der Waals surface area contributed by atoms with Gasteiger partial charge in [-0.15, -0.1) is 0 Å². The van der Waals surface area contributed by atoms with Gasteiger partial charge in [-0.2, -0.15) is 0 Å². The standard InChI is InChI=1S/C16H25ClN2O/c1-3-9-19-10-7-13(8-11-19)18-12-14-15(17)5-4-6-16(14)20-2/h4-6,13,18H,3,7-12H2,1-2H3. The predicted octanol–water partition coefficient (Wildman–Crippen LogP) is 3.31. The van der Waals surface area contributed by atoms with E-state index >= 15 is 0 Å². The molecule has 0 radical (unpaired) electrons. The minimum atomic E-state index is 0.587. The number of hydrogen-bond donors (Lipinski definition) is 1. The molecule has 0 bridgehead atoms. The Bertz CT molecular complexity index is 417. The Morgan fingerprint density at radius 1 is 1.35 bits per heavy atom. The van der Waals surface area contributed by atoms with Crippen molar-refractivity contribution in [1.29, 1.82) is 0 Å². The van der Waals surface area contributed by atoms with Gasteiger partial charge < -0.3 is 15.0 Å². The molecule has 1 heterocycles. The van der Waals surface area contributed by atoms with Crippen LogP contribution in [0.15, 0.2) is 18.2 Å².